The fraction of sp³-hybridized carbons (Fsp3) is 0.400. The number of anilines is 3. The van der Waals surface area contributed by atoms with Gasteiger partial charge in [-0.2, -0.15) is 10.1 Å². The van der Waals surface area contributed by atoms with E-state index in [0.717, 1.165) is 17.3 Å². The van der Waals surface area contributed by atoms with Crippen LogP contribution in [0.4, 0.5) is 21.8 Å². The highest BCUT2D eigenvalue weighted by molar-refractivity contribution is 5.82. The summed E-state index contributed by atoms with van der Waals surface area (Å²) in [5, 5.41) is 14.2. The zero-order chi connectivity index (χ0) is 20.7. The summed E-state index contributed by atoms with van der Waals surface area (Å²) >= 11 is 0. The van der Waals surface area contributed by atoms with E-state index in [-0.39, 0.29) is 29.8 Å². The summed E-state index contributed by atoms with van der Waals surface area (Å²) in [6.45, 7) is 3.42. The Kier molecular flexibility index (Phi) is 4.70. The fourth-order valence-corrected chi connectivity index (χ4v) is 4.30. The highest BCUT2D eigenvalue weighted by Gasteiger charge is 2.44. The number of hydrogen-bond acceptors (Lipinski definition) is 8. The number of halogens is 1. The molecule has 3 atom stereocenters. The van der Waals surface area contributed by atoms with Gasteiger partial charge in [-0.25, -0.2) is 9.37 Å². The monoisotopic (exact) mass is 411 g/mol. The summed E-state index contributed by atoms with van der Waals surface area (Å²) in [6, 6.07) is 5.39. The Labute approximate surface area is 172 Å². The van der Waals surface area contributed by atoms with E-state index in [1.165, 1.54) is 6.20 Å². The number of piperidine rings is 1. The minimum Gasteiger partial charge on any atom is -0.465 e. The Morgan fingerprint density at radius 3 is 3.13 bits per heavy atom. The van der Waals surface area contributed by atoms with Crippen LogP contribution in [0.5, 0.6) is 0 Å². The summed E-state index contributed by atoms with van der Waals surface area (Å²) < 4.78 is 19.6. The highest BCUT2D eigenvalue weighted by Crippen LogP contribution is 2.31. The van der Waals surface area contributed by atoms with E-state index in [1.807, 2.05) is 23.1 Å². The molecule has 3 N–H and O–H groups in total. The van der Waals surface area contributed by atoms with Crippen LogP contribution in [-0.4, -0.2) is 57.9 Å². The van der Waals surface area contributed by atoms with Gasteiger partial charge in [-0.15, -0.1) is 0 Å². The van der Waals surface area contributed by atoms with Crippen molar-refractivity contribution in [3.63, 3.8) is 0 Å². The molecule has 3 aromatic rings. The van der Waals surface area contributed by atoms with E-state index >= 15 is 0 Å². The van der Waals surface area contributed by atoms with Gasteiger partial charge in [0.1, 0.15) is 6.04 Å². The maximum absolute atomic E-state index is 14.4. The largest absolute Gasteiger partial charge is 0.465 e. The number of aromatic amines is 1. The van der Waals surface area contributed by atoms with Crippen LogP contribution in [0.1, 0.15) is 13.3 Å². The first kappa shape index (κ1) is 18.7. The Morgan fingerprint density at radius 1 is 1.37 bits per heavy atom. The SMILES string of the molecule is CCOC(=O)C1NC2CC1CN(c1ncc(F)c(Nc3ccc4[nH]ncc4c3)n1)C2. The predicted molar refractivity (Wildman–Crippen MR) is 109 cm³/mol. The topological polar surface area (TPSA) is 108 Å². The van der Waals surface area contributed by atoms with Crippen molar-refractivity contribution in [2.24, 2.45) is 5.92 Å². The van der Waals surface area contributed by atoms with Crippen molar-refractivity contribution in [2.45, 2.75) is 25.4 Å². The van der Waals surface area contributed by atoms with E-state index < -0.39 is 5.82 Å². The Morgan fingerprint density at radius 2 is 2.27 bits per heavy atom. The average molecular weight is 411 g/mol. The van der Waals surface area contributed by atoms with Crippen molar-refractivity contribution < 1.29 is 13.9 Å². The smallest absolute Gasteiger partial charge is 0.323 e. The van der Waals surface area contributed by atoms with Gasteiger partial charge in [0.15, 0.2) is 11.6 Å². The number of esters is 1. The zero-order valence-electron chi connectivity index (χ0n) is 16.4. The van der Waals surface area contributed by atoms with Gasteiger partial charge < -0.3 is 15.0 Å². The molecule has 4 heterocycles. The van der Waals surface area contributed by atoms with E-state index in [1.54, 1.807) is 13.1 Å². The third-order valence-electron chi connectivity index (χ3n) is 5.63. The number of aromatic nitrogens is 4. The first-order valence-electron chi connectivity index (χ1n) is 10.0. The van der Waals surface area contributed by atoms with Crippen LogP contribution >= 0.6 is 0 Å². The molecule has 2 aliphatic heterocycles. The van der Waals surface area contributed by atoms with Gasteiger partial charge >= 0.3 is 5.97 Å². The second-order valence-electron chi connectivity index (χ2n) is 7.66. The minimum atomic E-state index is -0.534. The molecule has 2 bridgehead atoms. The lowest BCUT2D eigenvalue weighted by Crippen LogP contribution is -2.42. The quantitative estimate of drug-likeness (QED) is 0.547. The van der Waals surface area contributed by atoms with E-state index in [9.17, 15) is 9.18 Å². The number of rotatable bonds is 5. The fourth-order valence-electron chi connectivity index (χ4n) is 4.30. The van der Waals surface area contributed by atoms with Crippen molar-refractivity contribution in [3.8, 4) is 0 Å². The normalized spacial score (nSPS) is 23.0. The lowest BCUT2D eigenvalue weighted by molar-refractivity contribution is -0.146. The lowest BCUT2D eigenvalue weighted by atomic mass is 9.95. The predicted octanol–water partition coefficient (Wildman–Crippen LogP) is 1.97. The van der Waals surface area contributed by atoms with Gasteiger partial charge in [-0.05, 0) is 31.5 Å². The van der Waals surface area contributed by atoms with Crippen LogP contribution in [-0.2, 0) is 9.53 Å². The summed E-state index contributed by atoms with van der Waals surface area (Å²) in [5.41, 5.74) is 1.60. The average Bonchev–Trinajstić information content (AvgIpc) is 3.32. The standard InChI is InChI=1S/C20H22FN7O2/c1-2-30-19(29)17-12-6-14(24-17)10-28(9-12)20-22-8-15(21)18(26-20)25-13-3-4-16-11(5-13)7-23-27-16/h3-5,7-8,12,14,17,24H,2,6,9-10H2,1H3,(H,23,27)(H,22,25,26). The number of carbonyl (C=O) groups is 1. The summed E-state index contributed by atoms with van der Waals surface area (Å²) in [5.74, 6) is -0.103. The first-order valence-corrected chi connectivity index (χ1v) is 10.0. The molecule has 2 fully saturated rings. The third-order valence-corrected chi connectivity index (χ3v) is 5.63. The Hall–Kier alpha value is -3.27. The van der Waals surface area contributed by atoms with Crippen molar-refractivity contribution in [2.75, 3.05) is 29.9 Å². The van der Waals surface area contributed by atoms with Crippen LogP contribution in [0, 0.1) is 11.7 Å². The molecule has 9 nitrogen and oxygen atoms in total. The molecule has 0 saturated carbocycles. The number of hydrogen-bond donors (Lipinski definition) is 3. The molecule has 2 aliphatic rings. The van der Waals surface area contributed by atoms with Crippen molar-refractivity contribution >= 4 is 34.3 Å². The molecule has 30 heavy (non-hydrogen) atoms. The molecule has 1 aromatic carbocycles. The summed E-state index contributed by atoms with van der Waals surface area (Å²) in [4.78, 5) is 22.8. The number of ether oxygens (including phenoxy) is 1. The van der Waals surface area contributed by atoms with E-state index in [4.69, 9.17) is 4.74 Å². The van der Waals surface area contributed by atoms with Gasteiger partial charge in [-0.3, -0.25) is 15.2 Å². The first-order chi connectivity index (χ1) is 14.6. The summed E-state index contributed by atoms with van der Waals surface area (Å²) in [6.07, 6.45) is 3.78. The molecule has 5 rings (SSSR count). The second-order valence-corrected chi connectivity index (χ2v) is 7.66. The minimum absolute atomic E-state index is 0.107. The number of nitrogens with one attached hydrogen (secondary N) is 3. The highest BCUT2D eigenvalue weighted by atomic mass is 19.1. The molecule has 10 heteroatoms. The Balaban J connectivity index is 1.35. The molecular weight excluding hydrogens is 389 g/mol. The van der Waals surface area contributed by atoms with Gasteiger partial charge in [-0.1, -0.05) is 0 Å². The van der Waals surface area contributed by atoms with Gasteiger partial charge in [0.25, 0.3) is 0 Å². The van der Waals surface area contributed by atoms with Crippen LogP contribution in [0.25, 0.3) is 10.9 Å². The van der Waals surface area contributed by atoms with E-state index in [2.05, 4.69) is 30.8 Å². The lowest BCUT2D eigenvalue weighted by Gasteiger charge is -2.31. The third kappa shape index (κ3) is 3.43. The molecule has 0 amide bonds. The molecule has 0 spiro atoms. The van der Waals surface area contributed by atoms with E-state index in [0.29, 0.717) is 31.3 Å². The number of benzene rings is 1. The molecule has 2 saturated heterocycles. The van der Waals surface area contributed by atoms with Gasteiger partial charge in [0.2, 0.25) is 5.95 Å². The number of H-pyrrole nitrogens is 1. The zero-order valence-corrected chi connectivity index (χ0v) is 16.4. The van der Waals surface area contributed by atoms with Crippen LogP contribution in [0.3, 0.4) is 0 Å². The van der Waals surface area contributed by atoms with Gasteiger partial charge in [0, 0.05) is 36.1 Å². The molecule has 156 valence electrons. The molecule has 3 unspecified atom stereocenters. The maximum Gasteiger partial charge on any atom is 0.323 e. The summed E-state index contributed by atoms with van der Waals surface area (Å²) in [7, 11) is 0. The van der Waals surface area contributed by atoms with Crippen LogP contribution in [0.15, 0.2) is 30.6 Å². The van der Waals surface area contributed by atoms with Crippen molar-refractivity contribution in [3.05, 3.63) is 36.4 Å². The van der Waals surface area contributed by atoms with Crippen molar-refractivity contribution in [1.29, 1.82) is 0 Å². The van der Waals surface area contributed by atoms with Crippen molar-refractivity contribution in [1.82, 2.24) is 25.5 Å². The van der Waals surface area contributed by atoms with Crippen LogP contribution in [0.2, 0.25) is 0 Å². The number of carbonyl (C=O) groups excluding carboxylic acids is 1. The van der Waals surface area contributed by atoms with Crippen LogP contribution < -0.4 is 15.5 Å². The molecular formula is C20H22FN7O2. The number of nitrogens with zero attached hydrogens (tertiary/aromatic N) is 4. The molecule has 0 radical (unpaired) electrons. The maximum atomic E-state index is 14.4. The molecule has 2 aromatic heterocycles. The second kappa shape index (κ2) is 7.52. The number of fused-ring (bicyclic) bond motifs is 3. The molecule has 0 aliphatic carbocycles. The Bertz CT molecular complexity index is 1090. The van der Waals surface area contributed by atoms with Gasteiger partial charge in [0.05, 0.1) is 24.5 Å².